The van der Waals surface area contributed by atoms with Crippen LogP contribution in [0.25, 0.3) is 22.2 Å². The van der Waals surface area contributed by atoms with Gasteiger partial charge in [-0.15, -0.1) is 0 Å². The molecule has 0 aliphatic carbocycles. The zero-order valence-corrected chi connectivity index (χ0v) is 18.3. The van der Waals surface area contributed by atoms with E-state index in [1.54, 1.807) is 24.3 Å². The molecule has 0 radical (unpaired) electrons. The van der Waals surface area contributed by atoms with Crippen molar-refractivity contribution in [2.75, 3.05) is 0 Å². The van der Waals surface area contributed by atoms with E-state index in [4.69, 9.17) is 19.8 Å². The smallest absolute Gasteiger partial charge is 0.137 e. The molecular weight excluding hydrogens is 433 g/mol. The quantitative estimate of drug-likeness (QED) is 0.326. The lowest BCUT2D eigenvalue weighted by molar-refractivity contribution is 0.285. The van der Waals surface area contributed by atoms with E-state index in [1.807, 2.05) is 60.7 Å². The minimum Gasteiger partial charge on any atom is -0.489 e. The Labute approximate surface area is 195 Å². The van der Waals surface area contributed by atoms with Gasteiger partial charge in [0.15, 0.2) is 0 Å². The molecular formula is C27H22FN3O3. The average Bonchev–Trinajstić information content (AvgIpc) is 3.35. The van der Waals surface area contributed by atoms with Gasteiger partial charge in [-0.05, 0) is 39.6 Å². The summed E-state index contributed by atoms with van der Waals surface area (Å²) in [5, 5.41) is 7.66. The largest absolute Gasteiger partial charge is 0.489 e. The van der Waals surface area contributed by atoms with Gasteiger partial charge in [0.25, 0.3) is 0 Å². The molecule has 2 N–H and O–H groups in total. The summed E-state index contributed by atoms with van der Waals surface area (Å²) in [7, 11) is 0. The lowest BCUT2D eigenvalue weighted by Gasteiger charge is -2.14. The van der Waals surface area contributed by atoms with Gasteiger partial charge < -0.3 is 15.2 Å². The highest BCUT2D eigenvalue weighted by Crippen LogP contribution is 2.29. The number of nitrogens with zero attached hydrogens (tertiary/aromatic N) is 2. The maximum atomic E-state index is 15.1. The third kappa shape index (κ3) is 4.60. The molecule has 0 atom stereocenters. The van der Waals surface area contributed by atoms with Gasteiger partial charge >= 0.3 is 0 Å². The number of hydrogen-bond acceptors (Lipinski definition) is 6. The normalized spacial score (nSPS) is 11.0. The van der Waals surface area contributed by atoms with Crippen LogP contribution in [0, 0.1) is 5.82 Å². The van der Waals surface area contributed by atoms with Gasteiger partial charge in [-0.25, -0.2) is 9.02 Å². The Hall–Kier alpha value is -4.23. The number of aromatic nitrogens is 2. The Bertz CT molecular complexity index is 1420. The van der Waals surface area contributed by atoms with Crippen LogP contribution in [0.4, 0.5) is 4.39 Å². The minimum absolute atomic E-state index is 0.0870. The molecule has 0 saturated heterocycles. The molecule has 0 fully saturated rings. The Kier molecular flexibility index (Phi) is 6.18. The lowest BCUT2D eigenvalue weighted by atomic mass is 10.0. The Morgan fingerprint density at radius 1 is 0.765 bits per heavy atom. The highest BCUT2D eigenvalue weighted by atomic mass is 19.1. The lowest BCUT2D eigenvalue weighted by Crippen LogP contribution is -2.04. The molecule has 0 amide bonds. The third-order valence-corrected chi connectivity index (χ3v) is 5.53. The SMILES string of the molecule is NCc1ccc(OCc2cccc(-c3ccccc3)c2F)cc1OCc1ccc2nonc2c1. The minimum atomic E-state index is -0.290. The van der Waals surface area contributed by atoms with Crippen LogP contribution < -0.4 is 15.2 Å². The van der Waals surface area contributed by atoms with Crippen molar-refractivity contribution in [2.24, 2.45) is 5.73 Å². The number of halogens is 1. The van der Waals surface area contributed by atoms with Crippen LogP contribution in [-0.2, 0) is 19.8 Å². The van der Waals surface area contributed by atoms with Crippen LogP contribution in [0.3, 0.4) is 0 Å². The number of benzene rings is 4. The van der Waals surface area contributed by atoms with Crippen LogP contribution in [0.15, 0.2) is 89.6 Å². The van der Waals surface area contributed by atoms with Crippen molar-refractivity contribution in [1.29, 1.82) is 0 Å². The number of fused-ring (bicyclic) bond motifs is 1. The van der Waals surface area contributed by atoms with Gasteiger partial charge in [-0.3, -0.25) is 0 Å². The monoisotopic (exact) mass is 455 g/mol. The Morgan fingerprint density at radius 2 is 1.62 bits per heavy atom. The second-order valence-corrected chi connectivity index (χ2v) is 7.78. The van der Waals surface area contributed by atoms with Crippen LogP contribution in [-0.4, -0.2) is 10.3 Å². The Balaban J connectivity index is 1.31. The van der Waals surface area contributed by atoms with E-state index in [1.165, 1.54) is 0 Å². The van der Waals surface area contributed by atoms with E-state index in [-0.39, 0.29) is 12.4 Å². The molecule has 5 rings (SSSR count). The molecule has 1 aromatic heterocycles. The number of ether oxygens (including phenoxy) is 2. The van der Waals surface area contributed by atoms with Gasteiger partial charge in [-0.1, -0.05) is 60.7 Å². The standard InChI is InChI=1S/C27H22FN3O3/c28-27-21(7-4-8-23(27)19-5-2-1-3-6-19)17-32-22-11-10-20(15-29)26(14-22)33-16-18-9-12-24-25(13-18)31-34-30-24/h1-14H,15-17,29H2. The summed E-state index contributed by atoms with van der Waals surface area (Å²) in [6.45, 7) is 0.715. The summed E-state index contributed by atoms with van der Waals surface area (Å²) in [6, 6.07) is 25.8. The summed E-state index contributed by atoms with van der Waals surface area (Å²) < 4.78 is 31.8. The molecule has 1 heterocycles. The fraction of sp³-hybridized carbons (Fsp3) is 0.111. The Morgan fingerprint density at radius 3 is 2.47 bits per heavy atom. The summed E-state index contributed by atoms with van der Waals surface area (Å²) in [5.74, 6) is 0.881. The van der Waals surface area contributed by atoms with Crippen LogP contribution in [0.1, 0.15) is 16.7 Å². The van der Waals surface area contributed by atoms with Gasteiger partial charge in [0.05, 0.1) is 0 Å². The van der Waals surface area contributed by atoms with E-state index >= 15 is 4.39 Å². The second-order valence-electron chi connectivity index (χ2n) is 7.78. The average molecular weight is 455 g/mol. The molecule has 6 nitrogen and oxygen atoms in total. The van der Waals surface area contributed by atoms with Crippen LogP contribution >= 0.6 is 0 Å². The summed E-state index contributed by atoms with van der Waals surface area (Å²) in [6.07, 6.45) is 0. The van der Waals surface area contributed by atoms with Gasteiger partial charge in [0.1, 0.15) is 41.6 Å². The first-order valence-corrected chi connectivity index (χ1v) is 10.8. The van der Waals surface area contributed by atoms with Gasteiger partial charge in [-0.2, -0.15) is 0 Å². The molecule has 0 aliphatic rings. The number of rotatable bonds is 8. The maximum absolute atomic E-state index is 15.1. The number of hydrogen-bond donors (Lipinski definition) is 1. The fourth-order valence-electron chi connectivity index (χ4n) is 3.70. The fourth-order valence-corrected chi connectivity index (χ4v) is 3.70. The molecule has 5 aromatic rings. The maximum Gasteiger partial charge on any atom is 0.137 e. The summed E-state index contributed by atoms with van der Waals surface area (Å²) >= 11 is 0. The van der Waals surface area contributed by atoms with E-state index in [9.17, 15) is 0 Å². The molecule has 4 aromatic carbocycles. The van der Waals surface area contributed by atoms with E-state index in [0.717, 1.165) is 16.7 Å². The highest BCUT2D eigenvalue weighted by molar-refractivity contribution is 5.73. The van der Waals surface area contributed by atoms with Gasteiger partial charge in [0.2, 0.25) is 0 Å². The van der Waals surface area contributed by atoms with Crippen molar-refractivity contribution < 1.29 is 18.5 Å². The van der Waals surface area contributed by atoms with E-state index in [0.29, 0.717) is 46.8 Å². The first kappa shape index (κ1) is 21.6. The van der Waals surface area contributed by atoms with Crippen molar-refractivity contribution in [2.45, 2.75) is 19.8 Å². The zero-order valence-electron chi connectivity index (χ0n) is 18.3. The van der Waals surface area contributed by atoms with Crippen LogP contribution in [0.2, 0.25) is 0 Å². The molecule has 0 saturated carbocycles. The van der Waals surface area contributed by atoms with E-state index in [2.05, 4.69) is 10.3 Å². The van der Waals surface area contributed by atoms with Crippen molar-refractivity contribution in [3.63, 3.8) is 0 Å². The van der Waals surface area contributed by atoms with Crippen molar-refractivity contribution in [1.82, 2.24) is 10.3 Å². The topological polar surface area (TPSA) is 83.4 Å². The van der Waals surface area contributed by atoms with E-state index < -0.39 is 0 Å². The molecule has 0 unspecified atom stereocenters. The molecule has 34 heavy (non-hydrogen) atoms. The molecule has 0 aliphatic heterocycles. The predicted octanol–water partition coefficient (Wildman–Crippen LogP) is 5.65. The second kappa shape index (κ2) is 9.72. The third-order valence-electron chi connectivity index (χ3n) is 5.53. The predicted molar refractivity (Wildman–Crippen MR) is 127 cm³/mol. The van der Waals surface area contributed by atoms with Crippen molar-refractivity contribution >= 4 is 11.0 Å². The summed E-state index contributed by atoms with van der Waals surface area (Å²) in [5.41, 5.74) is 10.8. The zero-order chi connectivity index (χ0) is 23.3. The van der Waals surface area contributed by atoms with Crippen molar-refractivity contribution in [3.05, 3.63) is 107 Å². The first-order chi connectivity index (χ1) is 16.7. The van der Waals surface area contributed by atoms with Crippen LogP contribution in [0.5, 0.6) is 11.5 Å². The first-order valence-electron chi connectivity index (χ1n) is 10.8. The summed E-state index contributed by atoms with van der Waals surface area (Å²) in [4.78, 5) is 0. The number of nitrogens with two attached hydrogens (primary N) is 1. The molecule has 170 valence electrons. The molecule has 0 spiro atoms. The van der Waals surface area contributed by atoms with Gasteiger partial charge in [0, 0.05) is 29.3 Å². The van der Waals surface area contributed by atoms with Crippen molar-refractivity contribution in [3.8, 4) is 22.6 Å². The molecule has 7 heteroatoms. The highest BCUT2D eigenvalue weighted by Gasteiger charge is 2.12. The molecule has 0 bridgehead atoms.